The lowest BCUT2D eigenvalue weighted by molar-refractivity contribution is 0.519. The molecule has 0 heterocycles. The fourth-order valence-corrected chi connectivity index (χ4v) is 1.75. The van der Waals surface area contributed by atoms with Crippen LogP contribution in [0.4, 0.5) is 0 Å². The number of hydrogen-bond acceptors (Lipinski definition) is 1. The lowest BCUT2D eigenvalue weighted by Gasteiger charge is -2.11. The van der Waals surface area contributed by atoms with E-state index < -0.39 is 0 Å². The molecule has 0 radical (unpaired) electrons. The van der Waals surface area contributed by atoms with Crippen LogP contribution in [0.5, 0.6) is 0 Å². The predicted molar refractivity (Wildman–Crippen MR) is 61.5 cm³/mol. The molecule has 1 heteroatoms. The van der Waals surface area contributed by atoms with Gasteiger partial charge in [-0.05, 0) is 38.5 Å². The SMILES string of the molecule is CC(CC(C)C)=N[C@H](C)CC(C)C. The van der Waals surface area contributed by atoms with Crippen LogP contribution in [0.1, 0.15) is 54.4 Å². The number of aliphatic imine (C=N–C) groups is 1. The zero-order chi connectivity index (χ0) is 10.4. The van der Waals surface area contributed by atoms with Crippen molar-refractivity contribution in [2.75, 3.05) is 0 Å². The van der Waals surface area contributed by atoms with Gasteiger partial charge in [0.1, 0.15) is 0 Å². The summed E-state index contributed by atoms with van der Waals surface area (Å²) in [5.74, 6) is 1.49. The van der Waals surface area contributed by atoms with Crippen molar-refractivity contribution in [2.45, 2.75) is 60.4 Å². The van der Waals surface area contributed by atoms with E-state index in [2.05, 4.69) is 46.5 Å². The van der Waals surface area contributed by atoms with Crippen LogP contribution < -0.4 is 0 Å². The Morgan fingerprint density at radius 3 is 1.92 bits per heavy atom. The summed E-state index contributed by atoms with van der Waals surface area (Å²) in [5, 5.41) is 0. The van der Waals surface area contributed by atoms with Gasteiger partial charge in [0, 0.05) is 11.8 Å². The van der Waals surface area contributed by atoms with Gasteiger partial charge in [0.25, 0.3) is 0 Å². The van der Waals surface area contributed by atoms with E-state index in [-0.39, 0.29) is 0 Å². The molecule has 0 bridgehead atoms. The second-order valence-electron chi connectivity index (χ2n) is 4.94. The smallest absolute Gasteiger partial charge is 0.0473 e. The lowest BCUT2D eigenvalue weighted by atomic mass is 10.0. The molecule has 78 valence electrons. The van der Waals surface area contributed by atoms with Gasteiger partial charge in [0.15, 0.2) is 0 Å². The maximum absolute atomic E-state index is 4.67. The van der Waals surface area contributed by atoms with Crippen LogP contribution in [0, 0.1) is 11.8 Å². The Labute approximate surface area is 83.6 Å². The van der Waals surface area contributed by atoms with E-state index in [0.717, 1.165) is 18.3 Å². The molecule has 1 atom stereocenters. The fraction of sp³-hybridized carbons (Fsp3) is 0.917. The number of rotatable bonds is 5. The second-order valence-corrected chi connectivity index (χ2v) is 4.94. The molecule has 0 spiro atoms. The van der Waals surface area contributed by atoms with Gasteiger partial charge in [-0.2, -0.15) is 0 Å². The van der Waals surface area contributed by atoms with Gasteiger partial charge in [-0.3, -0.25) is 4.99 Å². The van der Waals surface area contributed by atoms with E-state index in [1.54, 1.807) is 0 Å². The third kappa shape index (κ3) is 8.01. The average molecular weight is 183 g/mol. The van der Waals surface area contributed by atoms with Crippen molar-refractivity contribution in [1.82, 2.24) is 0 Å². The van der Waals surface area contributed by atoms with E-state index in [1.165, 1.54) is 12.1 Å². The molecule has 0 amide bonds. The molecule has 0 aliphatic carbocycles. The van der Waals surface area contributed by atoms with Crippen LogP contribution in [-0.2, 0) is 0 Å². The van der Waals surface area contributed by atoms with Gasteiger partial charge in [0.05, 0.1) is 0 Å². The Kier molecular flexibility index (Phi) is 6.02. The molecule has 0 N–H and O–H groups in total. The van der Waals surface area contributed by atoms with Crippen LogP contribution in [-0.4, -0.2) is 11.8 Å². The van der Waals surface area contributed by atoms with Crippen molar-refractivity contribution < 1.29 is 0 Å². The third-order valence-electron chi connectivity index (χ3n) is 1.96. The van der Waals surface area contributed by atoms with Crippen LogP contribution in [0.2, 0.25) is 0 Å². The molecule has 0 aromatic rings. The first-order valence-corrected chi connectivity index (χ1v) is 5.45. The van der Waals surface area contributed by atoms with Gasteiger partial charge < -0.3 is 0 Å². The van der Waals surface area contributed by atoms with Gasteiger partial charge in [-0.25, -0.2) is 0 Å². The van der Waals surface area contributed by atoms with E-state index in [0.29, 0.717) is 6.04 Å². The Hall–Kier alpha value is -0.330. The molecule has 0 aliphatic rings. The van der Waals surface area contributed by atoms with Crippen LogP contribution in [0.25, 0.3) is 0 Å². The summed E-state index contributed by atoms with van der Waals surface area (Å²) in [6, 6.07) is 0.499. The molecule has 0 unspecified atom stereocenters. The standard InChI is InChI=1S/C12H25N/c1-9(2)7-11(5)13-12(6)8-10(3)4/h9-11H,7-8H2,1-6H3/t11-/m1/s1. The Morgan fingerprint density at radius 2 is 1.54 bits per heavy atom. The number of nitrogens with zero attached hydrogens (tertiary/aromatic N) is 1. The Balaban J connectivity index is 3.91. The number of hydrogen-bond donors (Lipinski definition) is 0. The van der Waals surface area contributed by atoms with Crippen molar-refractivity contribution in [3.05, 3.63) is 0 Å². The summed E-state index contributed by atoms with van der Waals surface area (Å²) >= 11 is 0. The highest BCUT2D eigenvalue weighted by atomic mass is 14.8. The van der Waals surface area contributed by atoms with Gasteiger partial charge in [-0.1, -0.05) is 27.7 Å². The van der Waals surface area contributed by atoms with E-state index in [4.69, 9.17) is 0 Å². The molecule has 0 aromatic heterocycles. The molecular formula is C12H25N. The minimum atomic E-state index is 0.499. The Bertz CT molecular complexity index is 157. The average Bonchev–Trinajstić information content (AvgIpc) is 1.80. The highest BCUT2D eigenvalue weighted by Gasteiger charge is 2.04. The van der Waals surface area contributed by atoms with Crippen molar-refractivity contribution >= 4 is 5.71 Å². The van der Waals surface area contributed by atoms with Crippen molar-refractivity contribution in [3.8, 4) is 0 Å². The molecule has 0 aliphatic heterocycles. The van der Waals surface area contributed by atoms with Crippen LogP contribution in [0.15, 0.2) is 4.99 Å². The van der Waals surface area contributed by atoms with Gasteiger partial charge >= 0.3 is 0 Å². The first kappa shape index (κ1) is 12.7. The lowest BCUT2D eigenvalue weighted by Crippen LogP contribution is -2.07. The summed E-state index contributed by atoms with van der Waals surface area (Å²) in [6.07, 6.45) is 2.35. The second kappa shape index (κ2) is 6.17. The largest absolute Gasteiger partial charge is 0.291 e. The van der Waals surface area contributed by atoms with Gasteiger partial charge in [-0.15, -0.1) is 0 Å². The summed E-state index contributed by atoms with van der Waals surface area (Å²) in [5.41, 5.74) is 1.31. The summed E-state index contributed by atoms with van der Waals surface area (Å²) < 4.78 is 0. The van der Waals surface area contributed by atoms with Crippen molar-refractivity contribution in [2.24, 2.45) is 16.8 Å². The molecule has 0 fully saturated rings. The predicted octanol–water partition coefficient (Wildman–Crippen LogP) is 3.93. The molecular weight excluding hydrogens is 158 g/mol. The van der Waals surface area contributed by atoms with E-state index in [1.807, 2.05) is 0 Å². The maximum Gasteiger partial charge on any atom is 0.0473 e. The highest BCUT2D eigenvalue weighted by molar-refractivity contribution is 5.82. The topological polar surface area (TPSA) is 12.4 Å². The molecule has 0 saturated carbocycles. The summed E-state index contributed by atoms with van der Waals surface area (Å²) in [7, 11) is 0. The zero-order valence-corrected chi connectivity index (χ0v) is 10.1. The van der Waals surface area contributed by atoms with Crippen molar-refractivity contribution in [3.63, 3.8) is 0 Å². The fourth-order valence-electron chi connectivity index (χ4n) is 1.75. The molecule has 0 rings (SSSR count). The summed E-state index contributed by atoms with van der Waals surface area (Å²) in [4.78, 5) is 4.67. The van der Waals surface area contributed by atoms with Crippen molar-refractivity contribution in [1.29, 1.82) is 0 Å². The molecule has 1 nitrogen and oxygen atoms in total. The monoisotopic (exact) mass is 183 g/mol. The van der Waals surface area contributed by atoms with Crippen LogP contribution in [0.3, 0.4) is 0 Å². The summed E-state index contributed by atoms with van der Waals surface area (Å²) in [6.45, 7) is 13.4. The van der Waals surface area contributed by atoms with E-state index >= 15 is 0 Å². The van der Waals surface area contributed by atoms with Gasteiger partial charge in [0.2, 0.25) is 0 Å². The molecule has 13 heavy (non-hydrogen) atoms. The first-order chi connectivity index (χ1) is 5.91. The molecule has 0 saturated heterocycles. The minimum absolute atomic E-state index is 0.499. The first-order valence-electron chi connectivity index (χ1n) is 5.45. The highest BCUT2D eigenvalue weighted by Crippen LogP contribution is 2.09. The maximum atomic E-state index is 4.67. The third-order valence-corrected chi connectivity index (χ3v) is 1.96. The quantitative estimate of drug-likeness (QED) is 0.573. The molecule has 0 aromatic carbocycles. The van der Waals surface area contributed by atoms with E-state index in [9.17, 15) is 0 Å². The van der Waals surface area contributed by atoms with Crippen LogP contribution >= 0.6 is 0 Å². The normalized spacial score (nSPS) is 15.5. The zero-order valence-electron chi connectivity index (χ0n) is 10.1. The minimum Gasteiger partial charge on any atom is -0.291 e. The Morgan fingerprint density at radius 1 is 1.00 bits per heavy atom.